The summed E-state index contributed by atoms with van der Waals surface area (Å²) in [5.74, 6) is 2.99. The normalized spacial score (nSPS) is 11.2. The molecule has 42 heavy (non-hydrogen) atoms. The molecule has 220 valence electrons. The molecule has 0 saturated carbocycles. The number of aryl methyl sites for hydroxylation is 2. The van der Waals surface area contributed by atoms with Gasteiger partial charge in [0.05, 0.1) is 10.5 Å². The van der Waals surface area contributed by atoms with Crippen molar-refractivity contribution in [1.29, 1.82) is 0 Å². The summed E-state index contributed by atoms with van der Waals surface area (Å²) < 4.78 is 46.7. The fraction of sp³-hybridized carbons (Fsp3) is 0.250. The predicted molar refractivity (Wildman–Crippen MR) is 166 cm³/mol. The molecule has 2 aromatic heterocycles. The second-order valence-corrected chi connectivity index (χ2v) is 12.6. The summed E-state index contributed by atoms with van der Waals surface area (Å²) in [5, 5.41) is 4.58. The first-order valence-corrected chi connectivity index (χ1v) is 15.9. The zero-order chi connectivity index (χ0) is 30.1. The highest BCUT2D eigenvalue weighted by atomic mass is 35.5. The van der Waals surface area contributed by atoms with Crippen LogP contribution in [0.3, 0.4) is 0 Å². The Kier molecular flexibility index (Phi) is 10.5. The standard InChI is InChI=1S/C18H21N3O3S.C14H12ClFO/c1-19-18-15-11-13(6-8-16(15)20-12-21-18)17-9-7-14(24-17)5-3-4-10-25(2,22)23;1-10-5-6-14(13(15)7-10)17-9-11-3-2-4-12(16)8-11/h6-9,11-12H,3-5,10H2,1-2H3,(H,19,20,21);2-8H,9H2,1H3. The average molecular weight is 610 g/mol. The van der Waals surface area contributed by atoms with Crippen molar-refractivity contribution in [3.05, 3.63) is 107 Å². The number of hydrogen-bond acceptors (Lipinski definition) is 7. The van der Waals surface area contributed by atoms with Crippen LogP contribution in [0.5, 0.6) is 5.75 Å². The zero-order valence-electron chi connectivity index (χ0n) is 23.7. The third kappa shape index (κ3) is 9.03. The lowest BCUT2D eigenvalue weighted by Crippen LogP contribution is -2.02. The van der Waals surface area contributed by atoms with Gasteiger partial charge >= 0.3 is 0 Å². The summed E-state index contributed by atoms with van der Waals surface area (Å²) in [4.78, 5) is 8.50. The number of furan rings is 1. The minimum absolute atomic E-state index is 0.220. The first-order chi connectivity index (χ1) is 20.1. The molecule has 0 atom stereocenters. The van der Waals surface area contributed by atoms with Gasteiger partial charge in [0, 0.05) is 36.4 Å². The molecule has 0 spiro atoms. The molecule has 0 saturated heterocycles. The summed E-state index contributed by atoms with van der Waals surface area (Å²) >= 11 is 6.03. The Balaban J connectivity index is 0.000000208. The third-order valence-electron chi connectivity index (χ3n) is 6.38. The molecule has 0 fully saturated rings. The molecule has 5 rings (SSSR count). The van der Waals surface area contributed by atoms with Crippen molar-refractivity contribution < 1.29 is 22.0 Å². The fourth-order valence-electron chi connectivity index (χ4n) is 4.25. The van der Waals surface area contributed by atoms with Crippen molar-refractivity contribution in [2.45, 2.75) is 32.8 Å². The average Bonchev–Trinajstić information content (AvgIpc) is 3.43. The predicted octanol–water partition coefficient (Wildman–Crippen LogP) is 7.67. The Morgan fingerprint density at radius 2 is 1.83 bits per heavy atom. The van der Waals surface area contributed by atoms with Crippen LogP contribution < -0.4 is 10.1 Å². The van der Waals surface area contributed by atoms with Crippen LogP contribution in [0.1, 0.15) is 29.7 Å². The second-order valence-electron chi connectivity index (χ2n) is 9.91. The van der Waals surface area contributed by atoms with Crippen molar-refractivity contribution in [2.24, 2.45) is 0 Å². The number of nitrogens with zero attached hydrogens (tertiary/aromatic N) is 2. The van der Waals surface area contributed by atoms with Gasteiger partial charge in [0.2, 0.25) is 0 Å². The molecule has 0 aliphatic rings. The van der Waals surface area contributed by atoms with Gasteiger partial charge in [-0.1, -0.05) is 29.8 Å². The molecule has 0 bridgehead atoms. The van der Waals surface area contributed by atoms with Gasteiger partial charge in [-0.2, -0.15) is 0 Å². The maximum Gasteiger partial charge on any atom is 0.147 e. The van der Waals surface area contributed by atoms with Crippen molar-refractivity contribution in [3.63, 3.8) is 0 Å². The van der Waals surface area contributed by atoms with E-state index in [4.69, 9.17) is 20.8 Å². The SMILES string of the molecule is CNc1ncnc2ccc(-c3ccc(CCCCS(C)(=O)=O)o3)cc12.Cc1ccc(OCc2cccc(F)c2)c(Cl)c1. The van der Waals surface area contributed by atoms with E-state index in [-0.39, 0.29) is 11.6 Å². The number of rotatable bonds is 10. The largest absolute Gasteiger partial charge is 0.487 e. The molecule has 5 aromatic rings. The third-order valence-corrected chi connectivity index (χ3v) is 7.70. The minimum atomic E-state index is -2.89. The van der Waals surface area contributed by atoms with Crippen molar-refractivity contribution in [3.8, 4) is 17.1 Å². The first-order valence-electron chi connectivity index (χ1n) is 13.4. The molecule has 7 nitrogen and oxygen atoms in total. The van der Waals surface area contributed by atoms with Gasteiger partial charge in [0.25, 0.3) is 0 Å². The van der Waals surface area contributed by atoms with Crippen LogP contribution in [0, 0.1) is 12.7 Å². The van der Waals surface area contributed by atoms with Crippen LogP contribution in [-0.4, -0.2) is 37.4 Å². The highest BCUT2D eigenvalue weighted by Crippen LogP contribution is 2.29. The van der Waals surface area contributed by atoms with Gasteiger partial charge in [0.1, 0.15) is 51.7 Å². The first kappa shape index (κ1) is 31.0. The number of fused-ring (bicyclic) bond motifs is 1. The molecule has 0 radical (unpaired) electrons. The lowest BCUT2D eigenvalue weighted by atomic mass is 10.1. The van der Waals surface area contributed by atoms with E-state index in [0.717, 1.165) is 57.8 Å². The summed E-state index contributed by atoms with van der Waals surface area (Å²) in [6, 6.07) is 21.7. The number of nitrogens with one attached hydrogen (secondary N) is 1. The van der Waals surface area contributed by atoms with Crippen LogP contribution in [0.2, 0.25) is 5.02 Å². The minimum Gasteiger partial charge on any atom is -0.487 e. The molecular weight excluding hydrogens is 577 g/mol. The van der Waals surface area contributed by atoms with E-state index >= 15 is 0 Å². The van der Waals surface area contributed by atoms with E-state index in [9.17, 15) is 12.8 Å². The number of aromatic nitrogens is 2. The molecule has 0 unspecified atom stereocenters. The van der Waals surface area contributed by atoms with Crippen LogP contribution in [0.15, 0.2) is 83.5 Å². The van der Waals surface area contributed by atoms with Gasteiger partial charge in [-0.15, -0.1) is 0 Å². The topological polar surface area (TPSA) is 94.3 Å². The molecule has 0 aliphatic heterocycles. The Hall–Kier alpha value is -3.95. The van der Waals surface area contributed by atoms with Crippen LogP contribution in [0.25, 0.3) is 22.2 Å². The second kappa shape index (κ2) is 14.3. The van der Waals surface area contributed by atoms with Crippen LogP contribution in [-0.2, 0) is 22.9 Å². The molecular formula is C32H33ClFN3O4S. The number of hydrogen-bond donors (Lipinski definition) is 1. The van der Waals surface area contributed by atoms with Gasteiger partial charge in [-0.3, -0.25) is 0 Å². The smallest absolute Gasteiger partial charge is 0.147 e. The van der Waals surface area contributed by atoms with Crippen molar-refractivity contribution in [2.75, 3.05) is 24.4 Å². The number of benzene rings is 3. The summed E-state index contributed by atoms with van der Waals surface area (Å²) in [7, 11) is -1.06. The fourth-order valence-corrected chi connectivity index (χ4v) is 5.27. The van der Waals surface area contributed by atoms with E-state index in [1.54, 1.807) is 6.07 Å². The Morgan fingerprint density at radius 3 is 2.57 bits per heavy atom. The van der Waals surface area contributed by atoms with E-state index in [2.05, 4.69) is 15.3 Å². The summed E-state index contributed by atoms with van der Waals surface area (Å²) in [5.41, 5.74) is 3.69. The molecule has 0 amide bonds. The number of ether oxygens (including phenoxy) is 1. The number of halogens is 2. The van der Waals surface area contributed by atoms with Crippen LogP contribution >= 0.6 is 11.6 Å². The number of anilines is 1. The lowest BCUT2D eigenvalue weighted by molar-refractivity contribution is 0.305. The van der Waals surface area contributed by atoms with Crippen LogP contribution in [0.4, 0.5) is 10.2 Å². The monoisotopic (exact) mass is 609 g/mol. The zero-order valence-corrected chi connectivity index (χ0v) is 25.3. The van der Waals surface area contributed by atoms with Gasteiger partial charge in [-0.05, 0) is 85.5 Å². The molecule has 0 aliphatic carbocycles. The van der Waals surface area contributed by atoms with Crippen molar-refractivity contribution in [1.82, 2.24) is 9.97 Å². The van der Waals surface area contributed by atoms with Gasteiger partial charge < -0.3 is 14.5 Å². The van der Waals surface area contributed by atoms with E-state index in [1.165, 1.54) is 24.7 Å². The molecule has 1 N–H and O–H groups in total. The van der Waals surface area contributed by atoms with E-state index in [0.29, 0.717) is 23.8 Å². The number of sulfone groups is 1. The van der Waals surface area contributed by atoms with Crippen molar-refractivity contribution >= 4 is 38.2 Å². The lowest BCUT2D eigenvalue weighted by Gasteiger charge is -2.08. The quantitative estimate of drug-likeness (QED) is 0.162. The highest BCUT2D eigenvalue weighted by molar-refractivity contribution is 7.90. The van der Waals surface area contributed by atoms with E-state index < -0.39 is 9.84 Å². The molecule has 3 aromatic carbocycles. The maximum atomic E-state index is 12.9. The molecule has 2 heterocycles. The van der Waals surface area contributed by atoms with Gasteiger partial charge in [0.15, 0.2) is 0 Å². The Morgan fingerprint density at radius 1 is 1.00 bits per heavy atom. The summed E-state index contributed by atoms with van der Waals surface area (Å²) in [6.07, 6.45) is 4.97. The van der Waals surface area contributed by atoms with Gasteiger partial charge in [-0.25, -0.2) is 22.8 Å². The Labute approximate surface area is 250 Å². The van der Waals surface area contributed by atoms with E-state index in [1.807, 2.05) is 68.6 Å². The Bertz CT molecular complexity index is 1760. The number of unbranched alkanes of at least 4 members (excludes halogenated alkanes) is 1. The highest BCUT2D eigenvalue weighted by Gasteiger charge is 2.09. The maximum absolute atomic E-state index is 12.9. The summed E-state index contributed by atoms with van der Waals surface area (Å²) in [6.45, 7) is 2.27. The molecule has 10 heteroatoms.